The highest BCUT2D eigenvalue weighted by Crippen LogP contribution is 2.35. The van der Waals surface area contributed by atoms with E-state index in [4.69, 9.17) is 17.3 Å². The number of rotatable bonds is 4. The number of hydrogen-bond acceptors (Lipinski definition) is 3. The molecule has 0 atom stereocenters. The number of thiophene rings is 1. The normalized spacial score (nSPS) is 11.3. The molecule has 0 bridgehead atoms. The van der Waals surface area contributed by atoms with Crippen LogP contribution >= 0.6 is 22.9 Å². The summed E-state index contributed by atoms with van der Waals surface area (Å²) >= 11 is 7.33. The lowest BCUT2D eigenvalue weighted by molar-refractivity contribution is 0.0959. The zero-order valence-corrected chi connectivity index (χ0v) is 12.1. The minimum atomic E-state index is -0.126. The Morgan fingerprint density at radius 2 is 2.32 bits per heavy atom. The van der Waals surface area contributed by atoms with Gasteiger partial charge in [0, 0.05) is 21.7 Å². The van der Waals surface area contributed by atoms with E-state index in [0.717, 1.165) is 16.5 Å². The number of fused-ring (bicyclic) bond motifs is 1. The van der Waals surface area contributed by atoms with Crippen LogP contribution in [0.1, 0.15) is 23.0 Å². The molecule has 0 saturated carbocycles. The Morgan fingerprint density at radius 1 is 1.53 bits per heavy atom. The molecule has 0 aliphatic rings. The van der Waals surface area contributed by atoms with Crippen LogP contribution in [0.3, 0.4) is 0 Å². The summed E-state index contributed by atoms with van der Waals surface area (Å²) in [5.74, 6) is -0.126. The SMILES string of the molecule is C/C=C/CCNC(=O)c1sc2ccc(Cl)cc2c1N. The van der Waals surface area contributed by atoms with Gasteiger partial charge in [0.05, 0.1) is 5.69 Å². The van der Waals surface area contributed by atoms with E-state index in [0.29, 0.717) is 22.1 Å². The summed E-state index contributed by atoms with van der Waals surface area (Å²) in [6.45, 7) is 2.56. The van der Waals surface area contributed by atoms with Gasteiger partial charge in [-0.1, -0.05) is 23.8 Å². The molecule has 0 aliphatic carbocycles. The van der Waals surface area contributed by atoms with Crippen LogP contribution in [0.4, 0.5) is 5.69 Å². The quantitative estimate of drug-likeness (QED) is 0.665. The zero-order valence-electron chi connectivity index (χ0n) is 10.6. The minimum Gasteiger partial charge on any atom is -0.397 e. The molecule has 1 heterocycles. The molecule has 0 saturated heterocycles. The number of carbonyl (C=O) groups is 1. The van der Waals surface area contributed by atoms with Gasteiger partial charge in [0.2, 0.25) is 0 Å². The second-order valence-electron chi connectivity index (χ2n) is 4.10. The lowest BCUT2D eigenvalue weighted by Gasteiger charge is -2.02. The monoisotopic (exact) mass is 294 g/mol. The van der Waals surface area contributed by atoms with Gasteiger partial charge in [-0.3, -0.25) is 4.79 Å². The second kappa shape index (κ2) is 6.08. The first-order valence-corrected chi connectivity index (χ1v) is 7.20. The molecule has 0 radical (unpaired) electrons. The smallest absolute Gasteiger partial charge is 0.263 e. The van der Waals surface area contributed by atoms with Crippen LogP contribution < -0.4 is 11.1 Å². The number of nitrogen functional groups attached to an aromatic ring is 1. The van der Waals surface area contributed by atoms with Crippen LogP contribution in [0.25, 0.3) is 10.1 Å². The topological polar surface area (TPSA) is 55.1 Å². The molecule has 1 aromatic heterocycles. The predicted octanol–water partition coefficient (Wildman–Crippen LogP) is 3.83. The largest absolute Gasteiger partial charge is 0.397 e. The lowest BCUT2D eigenvalue weighted by Crippen LogP contribution is -2.23. The maximum absolute atomic E-state index is 12.0. The van der Waals surface area contributed by atoms with E-state index < -0.39 is 0 Å². The van der Waals surface area contributed by atoms with Gasteiger partial charge < -0.3 is 11.1 Å². The van der Waals surface area contributed by atoms with Gasteiger partial charge in [-0.25, -0.2) is 0 Å². The molecule has 1 amide bonds. The van der Waals surface area contributed by atoms with Crippen molar-refractivity contribution in [3.05, 3.63) is 40.3 Å². The fourth-order valence-electron chi connectivity index (χ4n) is 1.77. The maximum atomic E-state index is 12.0. The van der Waals surface area contributed by atoms with Crippen molar-refractivity contribution in [2.24, 2.45) is 0 Å². The van der Waals surface area contributed by atoms with Crippen molar-refractivity contribution in [3.63, 3.8) is 0 Å². The standard InChI is InChI=1S/C14H15ClN2OS/c1-2-3-4-7-17-14(18)13-12(16)10-8-9(15)5-6-11(10)19-13/h2-3,5-6,8H,4,7,16H2,1H3,(H,17,18)/b3-2+. The first kappa shape index (κ1) is 13.9. The fraction of sp³-hybridized carbons (Fsp3) is 0.214. The third-order valence-corrected chi connectivity index (χ3v) is 4.15. The Kier molecular flexibility index (Phi) is 4.45. The van der Waals surface area contributed by atoms with Crippen LogP contribution in [0.5, 0.6) is 0 Å². The van der Waals surface area contributed by atoms with E-state index in [1.807, 2.05) is 25.1 Å². The van der Waals surface area contributed by atoms with Crippen LogP contribution in [-0.2, 0) is 0 Å². The highest BCUT2D eigenvalue weighted by molar-refractivity contribution is 7.21. The van der Waals surface area contributed by atoms with E-state index in [1.165, 1.54) is 11.3 Å². The van der Waals surface area contributed by atoms with Gasteiger partial charge in [-0.15, -0.1) is 11.3 Å². The highest BCUT2D eigenvalue weighted by atomic mass is 35.5. The fourth-order valence-corrected chi connectivity index (χ4v) is 2.97. The van der Waals surface area contributed by atoms with Gasteiger partial charge >= 0.3 is 0 Å². The summed E-state index contributed by atoms with van der Waals surface area (Å²) in [5.41, 5.74) is 6.52. The maximum Gasteiger partial charge on any atom is 0.263 e. The molecule has 19 heavy (non-hydrogen) atoms. The minimum absolute atomic E-state index is 0.126. The molecule has 0 spiro atoms. The Labute approximate surface area is 121 Å². The Bertz CT molecular complexity index is 634. The molecule has 1 aromatic carbocycles. The van der Waals surface area contributed by atoms with Crippen molar-refractivity contribution in [1.82, 2.24) is 5.32 Å². The van der Waals surface area contributed by atoms with Crippen LogP contribution in [0.2, 0.25) is 5.02 Å². The average Bonchev–Trinajstić information content (AvgIpc) is 2.72. The van der Waals surface area contributed by atoms with Crippen molar-refractivity contribution >= 4 is 44.6 Å². The summed E-state index contributed by atoms with van der Waals surface area (Å²) < 4.78 is 0.973. The molecular weight excluding hydrogens is 280 g/mol. The summed E-state index contributed by atoms with van der Waals surface area (Å²) in [6, 6.07) is 5.47. The van der Waals surface area contributed by atoms with Crippen LogP contribution in [0.15, 0.2) is 30.4 Å². The summed E-state index contributed by atoms with van der Waals surface area (Å²) in [5, 5.41) is 4.32. The molecular formula is C14H15ClN2OS. The van der Waals surface area contributed by atoms with Crippen LogP contribution in [-0.4, -0.2) is 12.5 Å². The number of nitrogens with two attached hydrogens (primary N) is 1. The summed E-state index contributed by atoms with van der Waals surface area (Å²) in [4.78, 5) is 12.6. The van der Waals surface area contributed by atoms with E-state index >= 15 is 0 Å². The van der Waals surface area contributed by atoms with Gasteiger partial charge in [-0.2, -0.15) is 0 Å². The second-order valence-corrected chi connectivity index (χ2v) is 5.59. The number of amides is 1. The van der Waals surface area contributed by atoms with E-state index in [9.17, 15) is 4.79 Å². The first-order valence-electron chi connectivity index (χ1n) is 6.00. The van der Waals surface area contributed by atoms with E-state index in [1.54, 1.807) is 12.1 Å². The molecule has 0 unspecified atom stereocenters. The Morgan fingerprint density at radius 3 is 3.05 bits per heavy atom. The van der Waals surface area contributed by atoms with Crippen molar-refractivity contribution in [2.75, 3.05) is 12.3 Å². The Balaban J connectivity index is 2.20. The molecule has 0 aliphatic heterocycles. The molecule has 3 nitrogen and oxygen atoms in total. The molecule has 2 rings (SSSR count). The highest BCUT2D eigenvalue weighted by Gasteiger charge is 2.15. The van der Waals surface area contributed by atoms with Gasteiger partial charge in [0.1, 0.15) is 4.88 Å². The third kappa shape index (κ3) is 3.08. The number of benzene rings is 1. The van der Waals surface area contributed by atoms with Crippen molar-refractivity contribution in [3.8, 4) is 0 Å². The number of nitrogens with one attached hydrogen (secondary N) is 1. The zero-order chi connectivity index (χ0) is 13.8. The Hall–Kier alpha value is -1.52. The van der Waals surface area contributed by atoms with E-state index in [-0.39, 0.29) is 5.91 Å². The van der Waals surface area contributed by atoms with Crippen molar-refractivity contribution in [2.45, 2.75) is 13.3 Å². The van der Waals surface area contributed by atoms with E-state index in [2.05, 4.69) is 5.32 Å². The number of carbonyl (C=O) groups excluding carboxylic acids is 1. The molecule has 5 heteroatoms. The molecule has 100 valence electrons. The molecule has 3 N–H and O–H groups in total. The molecule has 2 aromatic rings. The van der Waals surface area contributed by atoms with Crippen LogP contribution in [0, 0.1) is 0 Å². The van der Waals surface area contributed by atoms with Crippen molar-refractivity contribution in [1.29, 1.82) is 0 Å². The predicted molar refractivity (Wildman–Crippen MR) is 83.0 cm³/mol. The average molecular weight is 295 g/mol. The number of allylic oxidation sites excluding steroid dienone is 1. The number of anilines is 1. The summed E-state index contributed by atoms with van der Waals surface area (Å²) in [7, 11) is 0. The van der Waals surface area contributed by atoms with Crippen molar-refractivity contribution < 1.29 is 4.79 Å². The van der Waals surface area contributed by atoms with Gasteiger partial charge in [0.25, 0.3) is 5.91 Å². The van der Waals surface area contributed by atoms with Gasteiger partial charge in [-0.05, 0) is 31.5 Å². The summed E-state index contributed by atoms with van der Waals surface area (Å²) in [6.07, 6.45) is 4.79. The number of hydrogen-bond donors (Lipinski definition) is 2. The third-order valence-electron chi connectivity index (χ3n) is 2.73. The lowest BCUT2D eigenvalue weighted by atomic mass is 10.2. The molecule has 0 fully saturated rings. The number of halogens is 1. The van der Waals surface area contributed by atoms with Gasteiger partial charge in [0.15, 0.2) is 0 Å². The first-order chi connectivity index (χ1) is 9.13.